The van der Waals surface area contributed by atoms with E-state index in [0.29, 0.717) is 11.8 Å². The van der Waals surface area contributed by atoms with Crippen molar-refractivity contribution >= 4 is 45.8 Å². The molecular formula is C30H36INO4. The fourth-order valence-electron chi connectivity index (χ4n) is 7.64. The van der Waals surface area contributed by atoms with Crippen molar-refractivity contribution < 1.29 is 19.1 Å². The molecule has 0 aliphatic heterocycles. The number of rotatable bonds is 6. The lowest BCUT2D eigenvalue weighted by atomic mass is 9.55. The molecule has 0 bridgehead atoms. The summed E-state index contributed by atoms with van der Waals surface area (Å²) in [6, 6.07) is 8.42. The average Bonchev–Trinajstić information content (AvgIpc) is 3.23. The Morgan fingerprint density at radius 3 is 2.56 bits per heavy atom. The van der Waals surface area contributed by atoms with E-state index in [2.05, 4.69) is 36.1 Å². The van der Waals surface area contributed by atoms with Crippen LogP contribution in [0.25, 0.3) is 0 Å². The van der Waals surface area contributed by atoms with E-state index >= 15 is 0 Å². The first-order chi connectivity index (χ1) is 17.2. The van der Waals surface area contributed by atoms with Crippen LogP contribution in [0.15, 0.2) is 47.1 Å². The fourth-order valence-corrected chi connectivity index (χ4v) is 7.86. The Morgan fingerprint density at radius 1 is 1.11 bits per heavy atom. The normalized spacial score (nSPS) is 31.2. The van der Waals surface area contributed by atoms with Gasteiger partial charge in [0.1, 0.15) is 6.61 Å². The van der Waals surface area contributed by atoms with Gasteiger partial charge in [0.25, 0.3) is 0 Å². The third-order valence-electron chi connectivity index (χ3n) is 9.53. The van der Waals surface area contributed by atoms with Crippen LogP contribution in [0.5, 0.6) is 0 Å². The number of fused-ring (bicyclic) bond motifs is 4. The van der Waals surface area contributed by atoms with Gasteiger partial charge in [-0.25, -0.2) is 0 Å². The van der Waals surface area contributed by atoms with Crippen molar-refractivity contribution in [3.05, 3.63) is 52.6 Å². The number of nitrogens with zero attached hydrogens (tertiary/aromatic N) is 1. The molecule has 2 saturated carbocycles. The minimum absolute atomic E-state index is 0.0242. The first-order valence-electron chi connectivity index (χ1n) is 13.2. The smallest absolute Gasteiger partial charge is 0.316 e. The molecule has 0 saturated heterocycles. The van der Waals surface area contributed by atoms with E-state index in [1.165, 1.54) is 11.1 Å². The monoisotopic (exact) mass is 601 g/mol. The second-order valence-corrected chi connectivity index (χ2v) is 12.2. The minimum atomic E-state index is -0.316. The molecule has 1 unspecified atom stereocenters. The highest BCUT2D eigenvalue weighted by atomic mass is 127. The zero-order chi connectivity index (χ0) is 25.6. The molecule has 0 radical (unpaired) electrons. The number of ketones is 2. The van der Waals surface area contributed by atoms with Crippen LogP contribution in [-0.2, 0) is 19.1 Å². The molecular weight excluding hydrogens is 565 g/mol. The van der Waals surface area contributed by atoms with Crippen LogP contribution in [0, 0.1) is 23.2 Å². The van der Waals surface area contributed by atoms with Crippen molar-refractivity contribution in [3.8, 4) is 0 Å². The largest absolute Gasteiger partial charge is 0.457 e. The molecule has 5 nitrogen and oxygen atoms in total. The maximum atomic E-state index is 13.1. The van der Waals surface area contributed by atoms with Gasteiger partial charge in [0, 0.05) is 25.7 Å². The standard InChI is InChI=1S/C30H36INO4/c1-30-13-12-21-22(25(30)10-11-26(30)28(34)17-36-29(35)16-31)9-6-19-14-27(33)24(15-23(19)21)18-4-7-20(8-5-18)32(2)3/h4-5,7-8,14,22,24-26H,6,9-13,15-17H2,1-3H3/t22-,24?,25+,26-,30+/m1/s1. The molecule has 2 fully saturated rings. The summed E-state index contributed by atoms with van der Waals surface area (Å²) in [5.74, 6) is 0.863. The second-order valence-electron chi connectivity index (χ2n) is 11.5. The predicted molar refractivity (Wildman–Crippen MR) is 149 cm³/mol. The van der Waals surface area contributed by atoms with Gasteiger partial charge in [0.2, 0.25) is 0 Å². The molecule has 0 heterocycles. The molecule has 0 aromatic heterocycles. The summed E-state index contributed by atoms with van der Waals surface area (Å²) in [4.78, 5) is 39.9. The summed E-state index contributed by atoms with van der Waals surface area (Å²) in [6.07, 6.45) is 8.71. The van der Waals surface area contributed by atoms with Gasteiger partial charge in [-0.1, -0.05) is 47.2 Å². The number of anilines is 1. The van der Waals surface area contributed by atoms with Gasteiger partial charge in [-0.05, 0) is 97.1 Å². The Balaban J connectivity index is 1.38. The summed E-state index contributed by atoms with van der Waals surface area (Å²) >= 11 is 1.97. The van der Waals surface area contributed by atoms with Crippen molar-refractivity contribution in [1.82, 2.24) is 0 Å². The molecule has 5 atom stereocenters. The molecule has 4 aliphatic rings. The zero-order valence-corrected chi connectivity index (χ0v) is 23.7. The Labute approximate surface area is 227 Å². The highest BCUT2D eigenvalue weighted by Gasteiger charge is 2.55. The SMILES string of the molecule is CN(C)c1ccc(C2CC3=C4CC[C@]5(C)[C@@H](C(=O)COC(=O)CI)CC[C@H]5[C@@H]4CCC3=CC2=O)cc1. The summed E-state index contributed by atoms with van der Waals surface area (Å²) in [5, 5.41) is 0. The summed E-state index contributed by atoms with van der Waals surface area (Å²) in [7, 11) is 4.06. The van der Waals surface area contributed by atoms with Gasteiger partial charge < -0.3 is 9.64 Å². The number of hydrogen-bond acceptors (Lipinski definition) is 5. The Hall–Kier alpha value is -1.96. The van der Waals surface area contributed by atoms with E-state index in [9.17, 15) is 14.4 Å². The predicted octanol–water partition coefficient (Wildman–Crippen LogP) is 5.82. The highest BCUT2D eigenvalue weighted by molar-refractivity contribution is 14.1. The lowest BCUT2D eigenvalue weighted by Crippen LogP contribution is -2.43. The lowest BCUT2D eigenvalue weighted by Gasteiger charge is -2.49. The topological polar surface area (TPSA) is 63.7 Å². The van der Waals surface area contributed by atoms with Gasteiger partial charge in [0.15, 0.2) is 11.6 Å². The third kappa shape index (κ3) is 4.48. The van der Waals surface area contributed by atoms with Crippen LogP contribution in [0.2, 0.25) is 0 Å². The van der Waals surface area contributed by atoms with Gasteiger partial charge in [-0.2, -0.15) is 0 Å². The van der Waals surface area contributed by atoms with E-state index in [1.807, 2.05) is 42.8 Å². The number of benzene rings is 1. The van der Waals surface area contributed by atoms with Crippen molar-refractivity contribution in [2.24, 2.45) is 23.2 Å². The van der Waals surface area contributed by atoms with Crippen molar-refractivity contribution in [2.75, 3.05) is 30.0 Å². The first-order valence-corrected chi connectivity index (χ1v) is 14.7. The molecule has 6 heteroatoms. The molecule has 0 spiro atoms. The van der Waals surface area contributed by atoms with Crippen molar-refractivity contribution in [1.29, 1.82) is 0 Å². The number of esters is 1. The Morgan fingerprint density at radius 2 is 1.86 bits per heavy atom. The second kappa shape index (κ2) is 10.1. The van der Waals surface area contributed by atoms with E-state index in [0.717, 1.165) is 56.2 Å². The number of carbonyl (C=O) groups is 3. The number of halogens is 1. The van der Waals surface area contributed by atoms with Gasteiger partial charge >= 0.3 is 5.97 Å². The van der Waals surface area contributed by atoms with Gasteiger partial charge in [0.05, 0.1) is 10.3 Å². The summed E-state index contributed by atoms with van der Waals surface area (Å²) in [5.41, 5.74) is 6.45. The van der Waals surface area contributed by atoms with Crippen LogP contribution in [0.4, 0.5) is 5.69 Å². The van der Waals surface area contributed by atoms with E-state index < -0.39 is 0 Å². The fraction of sp³-hybridized carbons (Fsp3) is 0.567. The minimum Gasteiger partial charge on any atom is -0.457 e. The molecule has 0 N–H and O–H groups in total. The number of alkyl halides is 1. The number of hydrogen-bond donors (Lipinski definition) is 0. The van der Waals surface area contributed by atoms with Gasteiger partial charge in [-0.15, -0.1) is 0 Å². The molecule has 0 amide bonds. The summed E-state index contributed by atoms with van der Waals surface area (Å²) in [6.45, 7) is 2.22. The van der Waals surface area contributed by atoms with Crippen molar-refractivity contribution in [3.63, 3.8) is 0 Å². The van der Waals surface area contributed by atoms with Crippen LogP contribution in [0.1, 0.15) is 63.4 Å². The summed E-state index contributed by atoms with van der Waals surface area (Å²) < 4.78 is 5.48. The Bertz CT molecular complexity index is 1130. The van der Waals surface area contributed by atoms with Crippen LogP contribution in [-0.4, -0.2) is 42.7 Å². The molecule has 36 heavy (non-hydrogen) atoms. The number of ether oxygens (including phenoxy) is 1. The number of allylic oxidation sites excluding steroid dienone is 4. The quantitative estimate of drug-likeness (QED) is 0.234. The van der Waals surface area contributed by atoms with E-state index in [1.54, 1.807) is 5.57 Å². The Kier molecular flexibility index (Phi) is 7.18. The molecule has 4 aliphatic carbocycles. The molecule has 1 aromatic carbocycles. The van der Waals surface area contributed by atoms with Gasteiger partial charge in [-0.3, -0.25) is 14.4 Å². The highest BCUT2D eigenvalue weighted by Crippen LogP contribution is 2.62. The van der Waals surface area contributed by atoms with Crippen LogP contribution in [0.3, 0.4) is 0 Å². The zero-order valence-electron chi connectivity index (χ0n) is 21.5. The molecule has 192 valence electrons. The van der Waals surface area contributed by atoms with E-state index in [-0.39, 0.29) is 45.8 Å². The number of Topliss-reactive ketones (excluding diaryl/α,β-unsaturated/α-hetero) is 1. The first kappa shape index (κ1) is 25.7. The van der Waals surface area contributed by atoms with Crippen molar-refractivity contribution in [2.45, 2.75) is 57.8 Å². The lowest BCUT2D eigenvalue weighted by molar-refractivity contribution is -0.147. The number of carbonyl (C=O) groups excluding carboxylic acids is 3. The molecule has 5 rings (SSSR count). The maximum Gasteiger partial charge on any atom is 0.316 e. The van der Waals surface area contributed by atoms with Crippen LogP contribution >= 0.6 is 22.6 Å². The third-order valence-corrected chi connectivity index (χ3v) is 10.2. The maximum absolute atomic E-state index is 13.1. The van der Waals surface area contributed by atoms with Crippen LogP contribution < -0.4 is 4.90 Å². The molecule has 1 aromatic rings. The average molecular weight is 602 g/mol. The van der Waals surface area contributed by atoms with E-state index in [4.69, 9.17) is 4.74 Å².